The maximum Gasteiger partial charge on any atom is 0.164 e. The third-order valence-electron chi connectivity index (χ3n) is 5.57. The minimum atomic E-state index is 0.0409. The predicted molar refractivity (Wildman–Crippen MR) is 135 cm³/mol. The smallest absolute Gasteiger partial charge is 0.164 e. The number of hydrogen-bond donors (Lipinski definition) is 2. The molecule has 0 radical (unpaired) electrons. The molecule has 176 valence electrons. The highest BCUT2D eigenvalue weighted by atomic mass is 16.5. The largest absolute Gasteiger partial charge is 0.507 e. The van der Waals surface area contributed by atoms with Crippen LogP contribution in [0.2, 0.25) is 0 Å². The van der Waals surface area contributed by atoms with Crippen molar-refractivity contribution >= 4 is 10.9 Å². The summed E-state index contributed by atoms with van der Waals surface area (Å²) < 4.78 is 11.4. The van der Waals surface area contributed by atoms with Crippen molar-refractivity contribution in [1.82, 2.24) is 9.97 Å². The fourth-order valence-electron chi connectivity index (χ4n) is 3.66. The molecule has 2 N–H and O–H groups in total. The quantitative estimate of drug-likeness (QED) is 0.256. The van der Waals surface area contributed by atoms with Gasteiger partial charge in [-0.2, -0.15) is 0 Å². The Hall–Kier alpha value is -3.80. The van der Waals surface area contributed by atoms with Gasteiger partial charge in [-0.3, -0.25) is 0 Å². The van der Waals surface area contributed by atoms with Gasteiger partial charge in [-0.05, 0) is 43.2 Å². The van der Waals surface area contributed by atoms with E-state index in [4.69, 9.17) is 14.5 Å². The Morgan fingerprint density at radius 1 is 0.706 bits per heavy atom. The van der Waals surface area contributed by atoms with Gasteiger partial charge in [0, 0.05) is 23.1 Å². The summed E-state index contributed by atoms with van der Waals surface area (Å²) in [4.78, 5) is 9.44. The molecule has 0 aliphatic rings. The Bertz CT molecular complexity index is 1270. The van der Waals surface area contributed by atoms with Crippen molar-refractivity contribution in [3.63, 3.8) is 0 Å². The number of aromatic hydroxyl groups is 2. The summed E-state index contributed by atoms with van der Waals surface area (Å²) in [6.07, 6.45) is 3.98. The first-order chi connectivity index (χ1) is 16.6. The summed E-state index contributed by atoms with van der Waals surface area (Å²) in [5, 5.41) is 22.3. The number of hydrogen-bond acceptors (Lipinski definition) is 6. The van der Waals surface area contributed by atoms with Gasteiger partial charge in [0.25, 0.3) is 0 Å². The number of ether oxygens (including phenoxy) is 2. The highest BCUT2D eigenvalue weighted by molar-refractivity contribution is 5.95. The summed E-state index contributed by atoms with van der Waals surface area (Å²) >= 11 is 0. The summed E-state index contributed by atoms with van der Waals surface area (Å²) in [5.74, 6) is 1.71. The van der Waals surface area contributed by atoms with Gasteiger partial charge in [0.1, 0.15) is 23.0 Å². The van der Waals surface area contributed by atoms with Gasteiger partial charge >= 0.3 is 0 Å². The van der Waals surface area contributed by atoms with E-state index in [0.717, 1.165) is 31.1 Å². The van der Waals surface area contributed by atoms with E-state index in [-0.39, 0.29) is 11.5 Å². The average molecular weight is 459 g/mol. The number of aromatic nitrogens is 2. The SMILES string of the molecule is CCCCOc1ccc(-c2nc(-c3ccc(OCCCC)cc3O)c3ccccc3n2)c(O)c1. The van der Waals surface area contributed by atoms with Crippen LogP contribution in [-0.4, -0.2) is 33.4 Å². The van der Waals surface area contributed by atoms with Gasteiger partial charge < -0.3 is 19.7 Å². The van der Waals surface area contributed by atoms with E-state index in [1.54, 1.807) is 24.3 Å². The first-order valence-electron chi connectivity index (χ1n) is 11.8. The standard InChI is InChI=1S/C28H30N2O4/c1-3-5-15-33-19-11-13-22(25(31)17-19)27-21-9-7-8-10-24(21)29-28(30-27)23-14-12-20(18-26(23)32)34-16-6-4-2/h7-14,17-18,31-32H,3-6,15-16H2,1-2H3. The van der Waals surface area contributed by atoms with Gasteiger partial charge in [-0.25, -0.2) is 9.97 Å². The monoisotopic (exact) mass is 458 g/mol. The van der Waals surface area contributed by atoms with Crippen LogP contribution in [-0.2, 0) is 0 Å². The van der Waals surface area contributed by atoms with E-state index in [0.29, 0.717) is 52.9 Å². The van der Waals surface area contributed by atoms with Crippen LogP contribution in [0.1, 0.15) is 39.5 Å². The molecule has 0 fully saturated rings. The van der Waals surface area contributed by atoms with Crippen molar-refractivity contribution in [3.05, 3.63) is 60.7 Å². The lowest BCUT2D eigenvalue weighted by atomic mass is 10.0. The van der Waals surface area contributed by atoms with E-state index < -0.39 is 0 Å². The molecule has 1 heterocycles. The number of para-hydroxylation sites is 1. The number of benzene rings is 3. The van der Waals surface area contributed by atoms with E-state index in [1.807, 2.05) is 36.4 Å². The lowest BCUT2D eigenvalue weighted by Gasteiger charge is -2.13. The highest BCUT2D eigenvalue weighted by Gasteiger charge is 2.17. The number of rotatable bonds is 10. The van der Waals surface area contributed by atoms with Crippen LogP contribution in [0.3, 0.4) is 0 Å². The molecule has 0 spiro atoms. The Balaban J connectivity index is 1.74. The minimum Gasteiger partial charge on any atom is -0.507 e. The van der Waals surface area contributed by atoms with Crippen LogP contribution in [0.4, 0.5) is 0 Å². The molecule has 34 heavy (non-hydrogen) atoms. The van der Waals surface area contributed by atoms with Crippen LogP contribution in [0, 0.1) is 0 Å². The number of fused-ring (bicyclic) bond motifs is 1. The van der Waals surface area contributed by atoms with Crippen LogP contribution in [0.5, 0.6) is 23.0 Å². The van der Waals surface area contributed by atoms with Crippen molar-refractivity contribution in [1.29, 1.82) is 0 Å². The molecule has 6 heteroatoms. The van der Waals surface area contributed by atoms with Crippen molar-refractivity contribution in [2.24, 2.45) is 0 Å². The zero-order chi connectivity index (χ0) is 23.9. The zero-order valence-electron chi connectivity index (χ0n) is 19.6. The topological polar surface area (TPSA) is 84.7 Å². The molecule has 4 aromatic rings. The van der Waals surface area contributed by atoms with Crippen LogP contribution < -0.4 is 9.47 Å². The molecule has 0 atom stereocenters. The van der Waals surface area contributed by atoms with Crippen molar-refractivity contribution in [2.75, 3.05) is 13.2 Å². The Labute approximate surface area is 199 Å². The number of phenolic OH excluding ortho intramolecular Hbond substituents is 2. The maximum atomic E-state index is 10.8. The number of unbranched alkanes of at least 4 members (excludes halogenated alkanes) is 2. The van der Waals surface area contributed by atoms with Gasteiger partial charge in [0.05, 0.1) is 30.0 Å². The summed E-state index contributed by atoms with van der Waals surface area (Å²) in [6.45, 7) is 5.41. The van der Waals surface area contributed by atoms with Crippen molar-refractivity contribution in [3.8, 4) is 45.6 Å². The zero-order valence-corrected chi connectivity index (χ0v) is 19.6. The molecule has 3 aromatic carbocycles. The van der Waals surface area contributed by atoms with Crippen LogP contribution in [0.15, 0.2) is 60.7 Å². The van der Waals surface area contributed by atoms with E-state index in [2.05, 4.69) is 18.8 Å². The van der Waals surface area contributed by atoms with Crippen LogP contribution >= 0.6 is 0 Å². The molecule has 0 aliphatic heterocycles. The van der Waals surface area contributed by atoms with E-state index in [9.17, 15) is 10.2 Å². The maximum absolute atomic E-state index is 10.8. The fraction of sp³-hybridized carbons (Fsp3) is 0.286. The highest BCUT2D eigenvalue weighted by Crippen LogP contribution is 2.38. The fourth-order valence-corrected chi connectivity index (χ4v) is 3.66. The van der Waals surface area contributed by atoms with Crippen molar-refractivity contribution in [2.45, 2.75) is 39.5 Å². The molecule has 0 unspecified atom stereocenters. The minimum absolute atomic E-state index is 0.0409. The second kappa shape index (κ2) is 10.9. The predicted octanol–water partition coefficient (Wildman–Crippen LogP) is 6.73. The first kappa shape index (κ1) is 23.4. The molecule has 4 rings (SSSR count). The Morgan fingerprint density at radius 2 is 1.29 bits per heavy atom. The normalized spacial score (nSPS) is 11.0. The summed E-state index contributed by atoms with van der Waals surface area (Å²) in [6, 6.07) is 18.0. The Kier molecular flexibility index (Phi) is 7.48. The lowest BCUT2D eigenvalue weighted by molar-refractivity contribution is 0.307. The third-order valence-corrected chi connectivity index (χ3v) is 5.57. The molecule has 0 aliphatic carbocycles. The molecular formula is C28H30N2O4. The van der Waals surface area contributed by atoms with Gasteiger partial charge in [0.2, 0.25) is 0 Å². The number of phenols is 2. The molecule has 0 amide bonds. The van der Waals surface area contributed by atoms with Gasteiger partial charge in [-0.15, -0.1) is 0 Å². The molecular weight excluding hydrogens is 428 g/mol. The van der Waals surface area contributed by atoms with E-state index >= 15 is 0 Å². The molecule has 6 nitrogen and oxygen atoms in total. The van der Waals surface area contributed by atoms with Crippen LogP contribution in [0.25, 0.3) is 33.5 Å². The third kappa shape index (κ3) is 5.22. The molecule has 1 aromatic heterocycles. The average Bonchev–Trinajstić information content (AvgIpc) is 2.84. The summed E-state index contributed by atoms with van der Waals surface area (Å²) in [5.41, 5.74) is 2.37. The second-order valence-corrected chi connectivity index (χ2v) is 8.17. The molecule has 0 bridgehead atoms. The Morgan fingerprint density at radius 3 is 1.88 bits per heavy atom. The second-order valence-electron chi connectivity index (χ2n) is 8.17. The van der Waals surface area contributed by atoms with E-state index in [1.165, 1.54) is 0 Å². The van der Waals surface area contributed by atoms with Gasteiger partial charge in [0.15, 0.2) is 5.82 Å². The summed E-state index contributed by atoms with van der Waals surface area (Å²) in [7, 11) is 0. The first-order valence-corrected chi connectivity index (χ1v) is 11.8. The lowest BCUT2D eigenvalue weighted by Crippen LogP contribution is -1.98. The van der Waals surface area contributed by atoms with Gasteiger partial charge in [-0.1, -0.05) is 44.9 Å². The molecule has 0 saturated heterocycles. The number of nitrogens with zero attached hydrogens (tertiary/aromatic N) is 2. The van der Waals surface area contributed by atoms with Crippen molar-refractivity contribution < 1.29 is 19.7 Å². The molecule has 0 saturated carbocycles.